The number of halogens is 2. The van der Waals surface area contributed by atoms with Gasteiger partial charge in [-0.25, -0.2) is 0 Å². The lowest BCUT2D eigenvalue weighted by Crippen LogP contribution is -2.55. The highest BCUT2D eigenvalue weighted by Crippen LogP contribution is 2.41. The van der Waals surface area contributed by atoms with Crippen molar-refractivity contribution < 1.29 is 9.53 Å². The topological polar surface area (TPSA) is 41.6 Å². The maximum atomic E-state index is 13.3. The lowest BCUT2D eigenvalue weighted by Gasteiger charge is -2.44. The second-order valence-electron chi connectivity index (χ2n) is 7.10. The number of benzene rings is 2. The molecule has 1 unspecified atom stereocenters. The van der Waals surface area contributed by atoms with Gasteiger partial charge in [-0.05, 0) is 36.4 Å². The van der Waals surface area contributed by atoms with Crippen molar-refractivity contribution in [3.05, 3.63) is 52.0 Å². The predicted molar refractivity (Wildman–Crippen MR) is 103 cm³/mol. The molecule has 0 spiro atoms. The molecule has 1 aliphatic rings. The molecule has 0 aliphatic carbocycles. The van der Waals surface area contributed by atoms with Crippen LogP contribution in [0.5, 0.6) is 5.75 Å². The summed E-state index contributed by atoms with van der Waals surface area (Å²) in [5.74, 6) is 0.600. The second-order valence-corrected chi connectivity index (χ2v) is 7.94. The first-order chi connectivity index (χ1) is 11.7. The van der Waals surface area contributed by atoms with Gasteiger partial charge >= 0.3 is 0 Å². The van der Waals surface area contributed by atoms with Gasteiger partial charge in [0.2, 0.25) is 0 Å². The van der Waals surface area contributed by atoms with Crippen molar-refractivity contribution in [3.8, 4) is 5.75 Å². The van der Waals surface area contributed by atoms with E-state index in [4.69, 9.17) is 27.9 Å². The Labute approximate surface area is 157 Å². The lowest BCUT2D eigenvalue weighted by atomic mass is 9.88. The fourth-order valence-electron chi connectivity index (χ4n) is 2.95. The van der Waals surface area contributed by atoms with Crippen LogP contribution in [0.2, 0.25) is 10.0 Å². The van der Waals surface area contributed by atoms with Gasteiger partial charge in [-0.3, -0.25) is 9.69 Å². The minimum Gasteiger partial charge on any atom is -0.497 e. The average molecular weight is 379 g/mol. The number of ether oxygens (including phenoxy) is 1. The van der Waals surface area contributed by atoms with E-state index in [1.807, 2.05) is 24.3 Å². The van der Waals surface area contributed by atoms with Crippen LogP contribution in [0.15, 0.2) is 36.4 Å². The highest BCUT2D eigenvalue weighted by Gasteiger charge is 2.40. The third kappa shape index (κ3) is 3.29. The Balaban J connectivity index is 2.14. The van der Waals surface area contributed by atoms with E-state index >= 15 is 0 Å². The summed E-state index contributed by atoms with van der Waals surface area (Å²) in [6, 6.07) is 10.7. The molecule has 2 aromatic carbocycles. The molecule has 0 saturated heterocycles. The molecule has 1 amide bonds. The average Bonchev–Trinajstić information content (AvgIpc) is 2.54. The fraction of sp³-hybridized carbons (Fsp3) is 0.316. The van der Waals surface area contributed by atoms with E-state index < -0.39 is 0 Å². The Kier molecular flexibility index (Phi) is 4.60. The van der Waals surface area contributed by atoms with Gasteiger partial charge in [-0.1, -0.05) is 44.0 Å². The number of nitrogens with one attached hydrogen (secondary N) is 1. The molecule has 1 aliphatic heterocycles. The van der Waals surface area contributed by atoms with Gasteiger partial charge in [-0.15, -0.1) is 0 Å². The number of hydrogen-bond acceptors (Lipinski definition) is 3. The molecule has 2 aromatic rings. The third-order valence-electron chi connectivity index (χ3n) is 4.21. The monoisotopic (exact) mass is 378 g/mol. The number of rotatable bonds is 2. The SMILES string of the molecule is COc1ccc(N2C(=O)c3cc(Cl)cc(Cl)c3NC2C(C)(C)C)cc1. The maximum absolute atomic E-state index is 13.3. The van der Waals surface area contributed by atoms with Crippen LogP contribution in [0.3, 0.4) is 0 Å². The first-order valence-electron chi connectivity index (χ1n) is 7.95. The van der Waals surface area contributed by atoms with Crippen LogP contribution >= 0.6 is 23.2 Å². The minimum absolute atomic E-state index is 0.136. The zero-order chi connectivity index (χ0) is 18.4. The minimum atomic E-state index is -0.264. The van der Waals surface area contributed by atoms with Gasteiger partial charge in [-0.2, -0.15) is 0 Å². The van der Waals surface area contributed by atoms with Crippen molar-refractivity contribution >= 4 is 40.5 Å². The summed E-state index contributed by atoms with van der Waals surface area (Å²) in [6.07, 6.45) is -0.264. The molecule has 132 valence electrons. The summed E-state index contributed by atoms with van der Waals surface area (Å²) in [7, 11) is 1.61. The molecule has 0 bridgehead atoms. The first kappa shape index (κ1) is 17.9. The quantitative estimate of drug-likeness (QED) is 0.755. The summed E-state index contributed by atoms with van der Waals surface area (Å²) >= 11 is 12.4. The number of anilines is 2. The normalized spacial score (nSPS) is 17.1. The highest BCUT2D eigenvalue weighted by atomic mass is 35.5. The Bertz CT molecular complexity index is 813. The highest BCUT2D eigenvalue weighted by molar-refractivity contribution is 6.38. The van der Waals surface area contributed by atoms with Crippen molar-refractivity contribution in [2.75, 3.05) is 17.3 Å². The zero-order valence-corrected chi connectivity index (χ0v) is 16.1. The van der Waals surface area contributed by atoms with Crippen molar-refractivity contribution in [2.45, 2.75) is 26.9 Å². The Hall–Kier alpha value is -1.91. The molecule has 0 fully saturated rings. The molecule has 0 saturated carbocycles. The molecule has 4 nitrogen and oxygen atoms in total. The first-order valence-corrected chi connectivity index (χ1v) is 8.71. The van der Waals surface area contributed by atoms with Crippen molar-refractivity contribution in [1.82, 2.24) is 0 Å². The third-order valence-corrected chi connectivity index (χ3v) is 4.73. The van der Waals surface area contributed by atoms with Gasteiger partial charge in [0, 0.05) is 16.1 Å². The van der Waals surface area contributed by atoms with Gasteiger partial charge in [0.05, 0.1) is 23.4 Å². The van der Waals surface area contributed by atoms with Crippen molar-refractivity contribution in [1.29, 1.82) is 0 Å². The van der Waals surface area contributed by atoms with E-state index in [9.17, 15) is 4.79 Å². The van der Waals surface area contributed by atoms with Crippen LogP contribution < -0.4 is 15.0 Å². The number of carbonyl (C=O) groups is 1. The summed E-state index contributed by atoms with van der Waals surface area (Å²) in [5, 5.41) is 4.30. The van der Waals surface area contributed by atoms with E-state index in [2.05, 4.69) is 26.1 Å². The molecule has 1 N–H and O–H groups in total. The van der Waals surface area contributed by atoms with E-state index in [0.29, 0.717) is 21.3 Å². The molecular weight excluding hydrogens is 359 g/mol. The molecule has 1 atom stereocenters. The van der Waals surface area contributed by atoms with Crippen LogP contribution in [0, 0.1) is 5.41 Å². The van der Waals surface area contributed by atoms with E-state index in [0.717, 1.165) is 11.4 Å². The van der Waals surface area contributed by atoms with Crippen molar-refractivity contribution in [3.63, 3.8) is 0 Å². The second kappa shape index (κ2) is 6.43. The summed E-state index contributed by atoms with van der Waals surface area (Å²) in [5.41, 5.74) is 1.64. The number of methoxy groups -OCH3 is 1. The smallest absolute Gasteiger partial charge is 0.262 e. The van der Waals surface area contributed by atoms with Crippen LogP contribution in [0.1, 0.15) is 31.1 Å². The van der Waals surface area contributed by atoms with Crippen LogP contribution in [0.4, 0.5) is 11.4 Å². The molecule has 3 rings (SSSR count). The fourth-order valence-corrected chi connectivity index (χ4v) is 3.50. The zero-order valence-electron chi connectivity index (χ0n) is 14.6. The number of amides is 1. The van der Waals surface area contributed by atoms with Gasteiger partial charge < -0.3 is 10.1 Å². The molecule has 25 heavy (non-hydrogen) atoms. The lowest BCUT2D eigenvalue weighted by molar-refractivity contribution is 0.0955. The van der Waals surface area contributed by atoms with E-state index in [1.165, 1.54) is 0 Å². The van der Waals surface area contributed by atoms with Gasteiger partial charge in [0.25, 0.3) is 5.91 Å². The maximum Gasteiger partial charge on any atom is 0.262 e. The van der Waals surface area contributed by atoms with Crippen LogP contribution in [-0.2, 0) is 0 Å². The molecule has 1 heterocycles. The van der Waals surface area contributed by atoms with Crippen molar-refractivity contribution in [2.24, 2.45) is 5.41 Å². The Morgan fingerprint density at radius 2 is 1.76 bits per heavy atom. The number of carbonyl (C=O) groups excluding carboxylic acids is 1. The summed E-state index contributed by atoms with van der Waals surface area (Å²) in [6.45, 7) is 6.22. The number of hydrogen-bond donors (Lipinski definition) is 1. The van der Waals surface area contributed by atoms with Gasteiger partial charge in [0.1, 0.15) is 11.9 Å². The Morgan fingerprint density at radius 3 is 2.32 bits per heavy atom. The molecule has 0 aromatic heterocycles. The van der Waals surface area contributed by atoms with Gasteiger partial charge in [0.15, 0.2) is 0 Å². The largest absolute Gasteiger partial charge is 0.497 e. The number of fused-ring (bicyclic) bond motifs is 1. The van der Waals surface area contributed by atoms with Crippen LogP contribution in [0.25, 0.3) is 0 Å². The van der Waals surface area contributed by atoms with E-state index in [1.54, 1.807) is 24.1 Å². The standard InChI is InChI=1S/C19H20Cl2N2O2/c1-19(2,3)18-22-16-14(9-11(20)10-15(16)21)17(24)23(18)12-5-7-13(25-4)8-6-12/h5-10,18,22H,1-4H3. The molecule has 6 heteroatoms. The van der Waals surface area contributed by atoms with E-state index in [-0.39, 0.29) is 17.5 Å². The Morgan fingerprint density at radius 1 is 1.12 bits per heavy atom. The molecular formula is C19H20Cl2N2O2. The number of nitrogens with zero attached hydrogens (tertiary/aromatic N) is 1. The predicted octanol–water partition coefficient (Wildman–Crippen LogP) is 5.45. The summed E-state index contributed by atoms with van der Waals surface area (Å²) < 4.78 is 5.21. The van der Waals surface area contributed by atoms with Crippen LogP contribution in [-0.4, -0.2) is 19.2 Å². The molecule has 0 radical (unpaired) electrons. The summed E-state index contributed by atoms with van der Waals surface area (Å²) in [4.78, 5) is 15.0.